The molecule has 0 atom stereocenters. The van der Waals surface area contributed by atoms with Gasteiger partial charge in [0.05, 0.1) is 29.8 Å². The van der Waals surface area contributed by atoms with E-state index in [1.165, 1.54) is 25.6 Å². The van der Waals surface area contributed by atoms with Gasteiger partial charge in [0, 0.05) is 16.8 Å². The molecular formula is C20H20ClNO3S. The minimum absolute atomic E-state index is 0.155. The molecule has 3 aromatic rings. The van der Waals surface area contributed by atoms with Gasteiger partial charge in [-0.2, -0.15) is 0 Å². The molecular weight excluding hydrogens is 370 g/mol. The van der Waals surface area contributed by atoms with Gasteiger partial charge in [-0.3, -0.25) is 4.79 Å². The van der Waals surface area contributed by atoms with Crippen molar-refractivity contribution in [2.75, 3.05) is 19.5 Å². The van der Waals surface area contributed by atoms with Crippen LogP contribution in [-0.2, 0) is 6.42 Å². The van der Waals surface area contributed by atoms with Crippen LogP contribution in [0, 0.1) is 0 Å². The number of halogens is 1. The van der Waals surface area contributed by atoms with Crippen molar-refractivity contribution in [1.82, 2.24) is 0 Å². The number of benzene rings is 2. The molecule has 26 heavy (non-hydrogen) atoms. The third-order valence-corrected chi connectivity index (χ3v) is 5.63. The van der Waals surface area contributed by atoms with Crippen LogP contribution in [-0.4, -0.2) is 20.1 Å². The molecule has 4 nitrogen and oxygen atoms in total. The summed E-state index contributed by atoms with van der Waals surface area (Å²) in [6.45, 7) is 2.11. The van der Waals surface area contributed by atoms with Crippen molar-refractivity contribution < 1.29 is 14.3 Å². The maximum atomic E-state index is 13.0. The van der Waals surface area contributed by atoms with E-state index in [2.05, 4.69) is 18.3 Å². The van der Waals surface area contributed by atoms with E-state index in [-0.39, 0.29) is 5.91 Å². The zero-order chi connectivity index (χ0) is 18.7. The topological polar surface area (TPSA) is 47.6 Å². The maximum absolute atomic E-state index is 13.0. The van der Waals surface area contributed by atoms with Gasteiger partial charge in [-0.25, -0.2) is 0 Å². The molecule has 0 radical (unpaired) electrons. The van der Waals surface area contributed by atoms with E-state index in [0.29, 0.717) is 22.2 Å². The van der Waals surface area contributed by atoms with Crippen molar-refractivity contribution in [1.29, 1.82) is 0 Å². The Bertz CT molecular complexity index is 952. The number of rotatable bonds is 6. The van der Waals surface area contributed by atoms with E-state index in [1.807, 2.05) is 18.2 Å². The second-order valence-electron chi connectivity index (χ2n) is 5.80. The number of thiophene rings is 1. The summed E-state index contributed by atoms with van der Waals surface area (Å²) in [5.74, 6) is 0.813. The van der Waals surface area contributed by atoms with Gasteiger partial charge in [-0.15, -0.1) is 11.3 Å². The SMILES string of the molecule is CCCc1c(C(=O)Nc2cc(OC)c(Cl)cc2OC)sc2ccccc12. The fourth-order valence-corrected chi connectivity index (χ4v) is 4.30. The molecule has 1 aromatic heterocycles. The number of ether oxygens (including phenoxy) is 2. The van der Waals surface area contributed by atoms with Crippen LogP contribution in [0.3, 0.4) is 0 Å². The van der Waals surface area contributed by atoms with Crippen LogP contribution in [0.5, 0.6) is 11.5 Å². The van der Waals surface area contributed by atoms with Crippen molar-refractivity contribution in [2.24, 2.45) is 0 Å². The lowest BCUT2D eigenvalue weighted by molar-refractivity contribution is 0.102. The Morgan fingerprint density at radius 3 is 2.58 bits per heavy atom. The third-order valence-electron chi connectivity index (χ3n) is 4.13. The van der Waals surface area contributed by atoms with E-state index in [1.54, 1.807) is 12.1 Å². The molecule has 0 saturated heterocycles. The Labute approximate surface area is 161 Å². The Morgan fingerprint density at radius 1 is 1.15 bits per heavy atom. The predicted molar refractivity (Wildman–Crippen MR) is 108 cm³/mol. The first-order valence-corrected chi connectivity index (χ1v) is 9.51. The summed E-state index contributed by atoms with van der Waals surface area (Å²) < 4.78 is 11.7. The van der Waals surface area contributed by atoms with Crippen molar-refractivity contribution >= 4 is 44.6 Å². The molecule has 0 spiro atoms. The second kappa shape index (κ2) is 7.98. The Hall–Kier alpha value is -2.24. The highest BCUT2D eigenvalue weighted by Gasteiger charge is 2.20. The average molecular weight is 390 g/mol. The smallest absolute Gasteiger partial charge is 0.266 e. The van der Waals surface area contributed by atoms with Crippen LogP contribution < -0.4 is 14.8 Å². The molecule has 0 aliphatic rings. The first-order chi connectivity index (χ1) is 12.6. The molecule has 1 N–H and O–H groups in total. The lowest BCUT2D eigenvalue weighted by Crippen LogP contribution is -2.13. The second-order valence-corrected chi connectivity index (χ2v) is 7.26. The van der Waals surface area contributed by atoms with Gasteiger partial charge >= 0.3 is 0 Å². The normalized spacial score (nSPS) is 10.8. The standard InChI is InChI=1S/C20H20ClNO3S/c1-4-7-13-12-8-5-6-9-18(12)26-19(13)20(23)22-15-11-16(24-2)14(21)10-17(15)25-3/h5-6,8-11H,4,7H2,1-3H3,(H,22,23). The molecule has 0 saturated carbocycles. The molecule has 3 rings (SSSR count). The van der Waals surface area contributed by atoms with Gasteiger partial charge in [0.15, 0.2) is 0 Å². The highest BCUT2D eigenvalue weighted by atomic mass is 35.5. The van der Waals surface area contributed by atoms with Gasteiger partial charge in [-0.05, 0) is 23.4 Å². The number of aryl methyl sites for hydroxylation is 1. The van der Waals surface area contributed by atoms with Crippen LogP contribution in [0.25, 0.3) is 10.1 Å². The molecule has 0 unspecified atom stereocenters. The van der Waals surface area contributed by atoms with Crippen LogP contribution in [0.2, 0.25) is 5.02 Å². The average Bonchev–Trinajstić information content (AvgIpc) is 3.02. The van der Waals surface area contributed by atoms with E-state index < -0.39 is 0 Å². The van der Waals surface area contributed by atoms with Gasteiger partial charge < -0.3 is 14.8 Å². The summed E-state index contributed by atoms with van der Waals surface area (Å²) >= 11 is 7.65. The number of hydrogen-bond donors (Lipinski definition) is 1. The predicted octanol–water partition coefficient (Wildman–Crippen LogP) is 5.78. The third kappa shape index (κ3) is 3.50. The van der Waals surface area contributed by atoms with Crippen molar-refractivity contribution in [3.05, 3.63) is 51.9 Å². The summed E-state index contributed by atoms with van der Waals surface area (Å²) in [5.41, 5.74) is 1.61. The molecule has 1 heterocycles. The molecule has 1 amide bonds. The Morgan fingerprint density at radius 2 is 1.88 bits per heavy atom. The summed E-state index contributed by atoms with van der Waals surface area (Å²) in [4.78, 5) is 13.7. The lowest BCUT2D eigenvalue weighted by atomic mass is 10.1. The van der Waals surface area contributed by atoms with Crippen molar-refractivity contribution in [2.45, 2.75) is 19.8 Å². The quantitative estimate of drug-likeness (QED) is 0.581. The van der Waals surface area contributed by atoms with Gasteiger partial charge in [0.2, 0.25) is 0 Å². The zero-order valence-corrected chi connectivity index (χ0v) is 16.5. The first-order valence-electron chi connectivity index (χ1n) is 8.32. The van der Waals surface area contributed by atoms with Crippen LogP contribution in [0.4, 0.5) is 5.69 Å². The number of hydrogen-bond acceptors (Lipinski definition) is 4. The largest absolute Gasteiger partial charge is 0.495 e. The van der Waals surface area contributed by atoms with Gasteiger partial charge in [-0.1, -0.05) is 43.1 Å². The summed E-state index contributed by atoms with van der Waals surface area (Å²) in [5, 5.41) is 4.52. The molecule has 6 heteroatoms. The number of nitrogens with one attached hydrogen (secondary N) is 1. The van der Waals surface area contributed by atoms with Crippen LogP contribution >= 0.6 is 22.9 Å². The number of carbonyl (C=O) groups is 1. The number of carbonyl (C=O) groups excluding carboxylic acids is 1. The highest BCUT2D eigenvalue weighted by Crippen LogP contribution is 2.37. The number of amides is 1. The Kier molecular flexibility index (Phi) is 5.69. The van der Waals surface area contributed by atoms with E-state index in [4.69, 9.17) is 21.1 Å². The van der Waals surface area contributed by atoms with E-state index >= 15 is 0 Å². The van der Waals surface area contributed by atoms with Gasteiger partial charge in [0.1, 0.15) is 11.5 Å². The number of methoxy groups -OCH3 is 2. The minimum atomic E-state index is -0.155. The lowest BCUT2D eigenvalue weighted by Gasteiger charge is -2.13. The maximum Gasteiger partial charge on any atom is 0.266 e. The van der Waals surface area contributed by atoms with Crippen molar-refractivity contribution in [3.63, 3.8) is 0 Å². The summed E-state index contributed by atoms with van der Waals surface area (Å²) in [6, 6.07) is 11.4. The number of anilines is 1. The van der Waals surface area contributed by atoms with Crippen LogP contribution in [0.15, 0.2) is 36.4 Å². The fourth-order valence-electron chi connectivity index (χ4n) is 2.92. The molecule has 0 fully saturated rings. The molecule has 0 aliphatic heterocycles. The van der Waals surface area contributed by atoms with Crippen LogP contribution in [0.1, 0.15) is 28.6 Å². The highest BCUT2D eigenvalue weighted by molar-refractivity contribution is 7.21. The van der Waals surface area contributed by atoms with Crippen molar-refractivity contribution in [3.8, 4) is 11.5 Å². The molecule has 0 aliphatic carbocycles. The molecule has 2 aromatic carbocycles. The molecule has 0 bridgehead atoms. The first kappa shape index (κ1) is 18.5. The Balaban J connectivity index is 2.01. The fraction of sp³-hybridized carbons (Fsp3) is 0.250. The monoisotopic (exact) mass is 389 g/mol. The summed E-state index contributed by atoms with van der Waals surface area (Å²) in [7, 11) is 3.07. The van der Waals surface area contributed by atoms with Gasteiger partial charge in [0.25, 0.3) is 5.91 Å². The van der Waals surface area contributed by atoms with E-state index in [0.717, 1.165) is 33.4 Å². The summed E-state index contributed by atoms with van der Waals surface area (Å²) in [6.07, 6.45) is 1.83. The minimum Gasteiger partial charge on any atom is -0.495 e. The zero-order valence-electron chi connectivity index (χ0n) is 14.9. The number of fused-ring (bicyclic) bond motifs is 1. The van der Waals surface area contributed by atoms with E-state index in [9.17, 15) is 4.79 Å². The molecule has 136 valence electrons.